The fourth-order valence-electron chi connectivity index (χ4n) is 5.84. The fraction of sp³-hybridized carbons (Fsp3) is 0.516. The smallest absolute Gasteiger partial charge is 0.270 e. The number of methoxy groups -OCH3 is 1. The van der Waals surface area contributed by atoms with Gasteiger partial charge < -0.3 is 24.6 Å². The SMILES string of the molecule is CCC(=O)NCCN1C(=O)C(C)(C)Oc2cc(F)c(C(=O)N(CC)C3CCCC[C@@H]3c3cccc(OC)c3)cc21. The first-order valence-corrected chi connectivity index (χ1v) is 14.2. The zero-order valence-corrected chi connectivity index (χ0v) is 24.1. The van der Waals surface area contributed by atoms with Crippen LogP contribution >= 0.6 is 0 Å². The van der Waals surface area contributed by atoms with E-state index in [0.717, 1.165) is 37.0 Å². The van der Waals surface area contributed by atoms with E-state index in [1.807, 2.05) is 25.1 Å². The van der Waals surface area contributed by atoms with Crippen molar-refractivity contribution in [2.75, 3.05) is 31.6 Å². The summed E-state index contributed by atoms with van der Waals surface area (Å²) in [6.07, 6.45) is 4.09. The molecule has 1 unspecified atom stereocenters. The van der Waals surface area contributed by atoms with Crippen LogP contribution in [0.4, 0.5) is 10.1 Å². The highest BCUT2D eigenvalue weighted by molar-refractivity contribution is 6.04. The van der Waals surface area contributed by atoms with Crippen molar-refractivity contribution in [3.8, 4) is 11.5 Å². The molecule has 2 aromatic rings. The number of nitrogens with one attached hydrogen (secondary N) is 1. The molecule has 0 aromatic heterocycles. The lowest BCUT2D eigenvalue weighted by Gasteiger charge is -2.41. The van der Waals surface area contributed by atoms with E-state index in [0.29, 0.717) is 18.7 Å². The van der Waals surface area contributed by atoms with Crippen LogP contribution in [-0.2, 0) is 9.59 Å². The first-order chi connectivity index (χ1) is 19.1. The molecule has 8 nitrogen and oxygen atoms in total. The number of halogens is 1. The highest BCUT2D eigenvalue weighted by Crippen LogP contribution is 2.41. The van der Waals surface area contributed by atoms with Gasteiger partial charge in [-0.1, -0.05) is 31.9 Å². The number of carbonyl (C=O) groups is 3. The Bertz CT molecular complexity index is 1260. The molecule has 1 heterocycles. The minimum absolute atomic E-state index is 0.0952. The molecule has 0 spiro atoms. The molecule has 40 heavy (non-hydrogen) atoms. The summed E-state index contributed by atoms with van der Waals surface area (Å²) in [6, 6.07) is 10.4. The first-order valence-electron chi connectivity index (χ1n) is 14.2. The summed E-state index contributed by atoms with van der Waals surface area (Å²) in [5, 5.41) is 2.77. The first kappa shape index (κ1) is 29.4. The molecule has 4 rings (SSSR count). The molecule has 1 aliphatic heterocycles. The van der Waals surface area contributed by atoms with Gasteiger partial charge in [-0.15, -0.1) is 0 Å². The van der Waals surface area contributed by atoms with Crippen molar-refractivity contribution >= 4 is 23.4 Å². The molecular formula is C31H40FN3O5. The molecule has 0 radical (unpaired) electrons. The van der Waals surface area contributed by atoms with Crippen molar-refractivity contribution in [3.05, 3.63) is 53.3 Å². The van der Waals surface area contributed by atoms with Crippen LogP contribution in [0.1, 0.15) is 81.6 Å². The molecule has 2 atom stereocenters. The Morgan fingerprint density at radius 3 is 2.62 bits per heavy atom. The maximum Gasteiger partial charge on any atom is 0.270 e. The lowest BCUT2D eigenvalue weighted by atomic mass is 9.79. The molecule has 1 saturated carbocycles. The van der Waals surface area contributed by atoms with Gasteiger partial charge in [0.25, 0.3) is 11.8 Å². The average Bonchev–Trinajstić information content (AvgIpc) is 2.95. The average molecular weight is 554 g/mol. The molecular weight excluding hydrogens is 513 g/mol. The van der Waals surface area contributed by atoms with Crippen LogP contribution < -0.4 is 19.7 Å². The monoisotopic (exact) mass is 553 g/mol. The zero-order valence-electron chi connectivity index (χ0n) is 24.1. The normalized spacial score (nSPS) is 19.9. The van der Waals surface area contributed by atoms with Crippen molar-refractivity contribution in [2.45, 2.75) is 77.4 Å². The van der Waals surface area contributed by atoms with Crippen molar-refractivity contribution in [1.29, 1.82) is 0 Å². The molecule has 0 bridgehead atoms. The summed E-state index contributed by atoms with van der Waals surface area (Å²) < 4.78 is 26.9. The van der Waals surface area contributed by atoms with E-state index in [1.165, 1.54) is 17.0 Å². The summed E-state index contributed by atoms with van der Waals surface area (Å²) >= 11 is 0. The number of amides is 3. The molecule has 216 valence electrons. The van der Waals surface area contributed by atoms with Gasteiger partial charge in [-0.2, -0.15) is 0 Å². The summed E-state index contributed by atoms with van der Waals surface area (Å²) in [6.45, 7) is 7.70. The number of anilines is 1. The van der Waals surface area contributed by atoms with Gasteiger partial charge in [0, 0.05) is 44.1 Å². The Morgan fingerprint density at radius 1 is 1.18 bits per heavy atom. The Hall–Kier alpha value is -3.62. The number of rotatable bonds is 9. The van der Waals surface area contributed by atoms with Crippen LogP contribution in [0.25, 0.3) is 0 Å². The Morgan fingerprint density at radius 2 is 1.93 bits per heavy atom. The largest absolute Gasteiger partial charge is 0.497 e. The van der Waals surface area contributed by atoms with Gasteiger partial charge in [0.1, 0.15) is 17.3 Å². The number of fused-ring (bicyclic) bond motifs is 1. The predicted molar refractivity (Wildman–Crippen MR) is 151 cm³/mol. The van der Waals surface area contributed by atoms with Gasteiger partial charge in [-0.25, -0.2) is 4.39 Å². The van der Waals surface area contributed by atoms with Crippen molar-refractivity contribution in [2.24, 2.45) is 0 Å². The maximum atomic E-state index is 15.6. The van der Waals surface area contributed by atoms with E-state index >= 15 is 4.39 Å². The zero-order chi connectivity index (χ0) is 29.0. The van der Waals surface area contributed by atoms with Crippen LogP contribution in [0.3, 0.4) is 0 Å². The van der Waals surface area contributed by atoms with Gasteiger partial charge >= 0.3 is 0 Å². The second-order valence-electron chi connectivity index (χ2n) is 10.9. The second-order valence-corrected chi connectivity index (χ2v) is 10.9. The van der Waals surface area contributed by atoms with Gasteiger partial charge in [0.15, 0.2) is 5.60 Å². The number of carbonyl (C=O) groups excluding carboxylic acids is 3. The Labute approximate surface area is 235 Å². The van der Waals surface area contributed by atoms with E-state index in [2.05, 4.69) is 11.4 Å². The summed E-state index contributed by atoms with van der Waals surface area (Å²) in [7, 11) is 1.63. The van der Waals surface area contributed by atoms with E-state index in [-0.39, 0.29) is 48.2 Å². The molecule has 2 aromatic carbocycles. The molecule has 1 fully saturated rings. The fourth-order valence-corrected chi connectivity index (χ4v) is 5.84. The van der Waals surface area contributed by atoms with Crippen LogP contribution in [0.5, 0.6) is 11.5 Å². The molecule has 3 amide bonds. The maximum absolute atomic E-state index is 15.6. The highest BCUT2D eigenvalue weighted by Gasteiger charge is 2.42. The van der Waals surface area contributed by atoms with Crippen molar-refractivity contribution in [1.82, 2.24) is 10.2 Å². The van der Waals surface area contributed by atoms with Crippen LogP contribution in [-0.4, -0.2) is 61.0 Å². The van der Waals surface area contributed by atoms with Crippen LogP contribution in [0.15, 0.2) is 36.4 Å². The van der Waals surface area contributed by atoms with Gasteiger partial charge in [-0.05, 0) is 57.4 Å². The Kier molecular flexibility index (Phi) is 9.01. The van der Waals surface area contributed by atoms with Crippen LogP contribution in [0.2, 0.25) is 0 Å². The minimum atomic E-state index is -1.22. The Balaban J connectivity index is 1.67. The quantitative estimate of drug-likeness (QED) is 0.469. The van der Waals surface area contributed by atoms with Gasteiger partial charge in [-0.3, -0.25) is 14.4 Å². The number of benzene rings is 2. The van der Waals surface area contributed by atoms with Gasteiger partial charge in [0.2, 0.25) is 5.91 Å². The van der Waals surface area contributed by atoms with E-state index in [9.17, 15) is 14.4 Å². The standard InChI is InChI=1S/C31H40FN3O5/c1-6-28(36)33-15-16-35-26-18-23(24(32)19-27(26)40-31(3,4)30(35)38)29(37)34(7-2)25-14-9-8-13-22(25)20-11-10-12-21(17-20)39-5/h10-12,17-19,22,25H,6-9,13-16H2,1-5H3,(H,33,36)/t22-,25?/m1/s1. The number of likely N-dealkylation sites (N-methyl/N-ethyl adjacent to an activating group) is 1. The molecule has 0 saturated heterocycles. The second kappa shape index (κ2) is 12.3. The highest BCUT2D eigenvalue weighted by atomic mass is 19.1. The van der Waals surface area contributed by atoms with E-state index in [4.69, 9.17) is 9.47 Å². The van der Waals surface area contributed by atoms with Crippen molar-refractivity contribution < 1.29 is 28.2 Å². The van der Waals surface area contributed by atoms with Gasteiger partial charge in [0.05, 0.1) is 18.4 Å². The van der Waals surface area contributed by atoms with Crippen molar-refractivity contribution in [3.63, 3.8) is 0 Å². The third-order valence-electron chi connectivity index (χ3n) is 7.93. The number of hydrogen-bond acceptors (Lipinski definition) is 5. The molecule has 9 heteroatoms. The number of nitrogens with zero attached hydrogens (tertiary/aromatic N) is 2. The summed E-state index contributed by atoms with van der Waals surface area (Å²) in [4.78, 5) is 42.3. The third kappa shape index (κ3) is 5.93. The molecule has 1 aliphatic carbocycles. The van der Waals surface area contributed by atoms with Crippen LogP contribution in [0, 0.1) is 5.82 Å². The number of hydrogen-bond donors (Lipinski definition) is 1. The minimum Gasteiger partial charge on any atom is -0.497 e. The number of ether oxygens (including phenoxy) is 2. The lowest BCUT2D eigenvalue weighted by Crippen LogP contribution is -2.54. The molecule has 2 aliphatic rings. The predicted octanol–water partition coefficient (Wildman–Crippen LogP) is 5.05. The topological polar surface area (TPSA) is 88.2 Å². The molecule has 1 N–H and O–H groups in total. The third-order valence-corrected chi connectivity index (χ3v) is 7.93. The van der Waals surface area contributed by atoms with E-state index < -0.39 is 17.3 Å². The summed E-state index contributed by atoms with van der Waals surface area (Å²) in [5.41, 5.74) is 0.0993. The van der Waals surface area contributed by atoms with E-state index in [1.54, 1.807) is 32.8 Å². The lowest BCUT2D eigenvalue weighted by molar-refractivity contribution is -0.132. The summed E-state index contributed by atoms with van der Waals surface area (Å²) in [5.74, 6) is -0.521.